The zero-order chi connectivity index (χ0) is 24.2. The molecule has 2 amide bonds. The number of carbonyl (C=O) groups excluding carboxylic acids is 2. The highest BCUT2D eigenvalue weighted by Gasteiger charge is 2.33. The van der Waals surface area contributed by atoms with Gasteiger partial charge in [-0.1, -0.05) is 12.1 Å². The highest BCUT2D eigenvalue weighted by Crippen LogP contribution is 2.21. The summed E-state index contributed by atoms with van der Waals surface area (Å²) in [6.07, 6.45) is 5.46. The van der Waals surface area contributed by atoms with Gasteiger partial charge in [0.1, 0.15) is 12.2 Å². The Balaban J connectivity index is 1.54. The number of carbonyl (C=O) groups is 2. The topological polar surface area (TPSA) is 117 Å². The summed E-state index contributed by atoms with van der Waals surface area (Å²) in [5, 5.41) is 14.8. The summed E-state index contributed by atoms with van der Waals surface area (Å²) >= 11 is 0. The lowest BCUT2D eigenvalue weighted by Gasteiger charge is -2.37. The van der Waals surface area contributed by atoms with Crippen LogP contribution in [-0.4, -0.2) is 65.5 Å². The number of pyridine rings is 2. The second-order valence-electron chi connectivity index (χ2n) is 7.96. The first-order valence-corrected chi connectivity index (χ1v) is 10.7. The van der Waals surface area contributed by atoms with Crippen LogP contribution in [0.2, 0.25) is 0 Å². The molecule has 176 valence electrons. The number of anilines is 1. The molecule has 0 spiro atoms. The molecule has 2 aromatic heterocycles. The zero-order valence-electron chi connectivity index (χ0n) is 18.9. The normalized spacial score (nSPS) is 13.1. The second kappa shape index (κ2) is 9.75. The summed E-state index contributed by atoms with van der Waals surface area (Å²) in [4.78, 5) is 43.9. The summed E-state index contributed by atoms with van der Waals surface area (Å²) in [6, 6.07) is 11.1. The molecule has 0 saturated heterocycles. The van der Waals surface area contributed by atoms with Crippen LogP contribution >= 0.6 is 0 Å². The van der Waals surface area contributed by atoms with Gasteiger partial charge in [0.25, 0.3) is 11.8 Å². The summed E-state index contributed by atoms with van der Waals surface area (Å²) < 4.78 is 6.34. The number of amides is 2. The Kier molecular flexibility index (Phi) is 6.60. The number of rotatable bonds is 7. The molecule has 0 atom stereocenters. The maximum absolute atomic E-state index is 12.9. The fourth-order valence-electron chi connectivity index (χ4n) is 3.76. The number of nitrogens with one attached hydrogen (secondary N) is 1. The first kappa shape index (κ1) is 23.0. The predicted molar refractivity (Wildman–Crippen MR) is 126 cm³/mol. The monoisotopic (exact) mass is 463 g/mol. The van der Waals surface area contributed by atoms with Gasteiger partial charge in [-0.25, -0.2) is 0 Å². The molecule has 0 bridgehead atoms. The van der Waals surface area contributed by atoms with E-state index in [1.807, 2.05) is 24.3 Å². The van der Waals surface area contributed by atoms with E-state index < -0.39 is 23.0 Å². The lowest BCUT2D eigenvalue weighted by molar-refractivity contribution is 0.0629. The van der Waals surface area contributed by atoms with Crippen LogP contribution in [-0.2, 0) is 11.2 Å². The van der Waals surface area contributed by atoms with Gasteiger partial charge in [-0.3, -0.25) is 29.1 Å². The van der Waals surface area contributed by atoms with Gasteiger partial charge in [0.2, 0.25) is 5.43 Å². The van der Waals surface area contributed by atoms with E-state index in [0.717, 1.165) is 17.5 Å². The van der Waals surface area contributed by atoms with Crippen LogP contribution in [0.4, 0.5) is 5.69 Å². The highest BCUT2D eigenvalue weighted by atomic mass is 16.5. The van der Waals surface area contributed by atoms with E-state index >= 15 is 0 Å². The Labute approximate surface area is 196 Å². The number of nitrogens with zero attached hydrogens (tertiary/aromatic N) is 4. The number of aromatic hydroxyl groups is 1. The number of fused-ring (bicyclic) bond motifs is 1. The fourth-order valence-corrected chi connectivity index (χ4v) is 3.76. The van der Waals surface area contributed by atoms with Gasteiger partial charge in [-0.2, -0.15) is 0 Å². The summed E-state index contributed by atoms with van der Waals surface area (Å²) in [7, 11) is 3.20. The van der Waals surface area contributed by atoms with Crippen molar-refractivity contribution >= 4 is 17.5 Å². The number of aromatic nitrogens is 2. The molecule has 0 aliphatic carbocycles. The van der Waals surface area contributed by atoms with Crippen molar-refractivity contribution < 1.29 is 19.4 Å². The van der Waals surface area contributed by atoms with Crippen molar-refractivity contribution in [3.05, 3.63) is 87.6 Å². The van der Waals surface area contributed by atoms with Crippen molar-refractivity contribution in [1.82, 2.24) is 14.6 Å². The first-order chi connectivity index (χ1) is 16.4. The molecular formula is C24H25N5O5. The van der Waals surface area contributed by atoms with Crippen LogP contribution in [0.1, 0.15) is 32.0 Å². The van der Waals surface area contributed by atoms with Crippen molar-refractivity contribution in [2.75, 3.05) is 44.3 Å². The van der Waals surface area contributed by atoms with Crippen molar-refractivity contribution in [1.29, 1.82) is 0 Å². The quantitative estimate of drug-likeness (QED) is 0.544. The van der Waals surface area contributed by atoms with E-state index in [4.69, 9.17) is 4.74 Å². The molecule has 3 heterocycles. The Morgan fingerprint density at radius 3 is 2.47 bits per heavy atom. The summed E-state index contributed by atoms with van der Waals surface area (Å²) in [6.45, 7) is 0.816. The van der Waals surface area contributed by atoms with Gasteiger partial charge in [0.15, 0.2) is 11.4 Å². The third kappa shape index (κ3) is 4.62. The Morgan fingerprint density at radius 2 is 1.79 bits per heavy atom. The molecule has 4 rings (SSSR count). The Hall–Kier alpha value is -4.18. The largest absolute Gasteiger partial charge is 0.502 e. The summed E-state index contributed by atoms with van der Waals surface area (Å²) in [5.41, 5.74) is 1.30. The minimum atomic E-state index is -0.909. The smallest absolute Gasteiger partial charge is 0.277 e. The van der Waals surface area contributed by atoms with Crippen LogP contribution in [0.5, 0.6) is 5.75 Å². The van der Waals surface area contributed by atoms with Crippen LogP contribution in [0, 0.1) is 0 Å². The van der Waals surface area contributed by atoms with Crippen LogP contribution in [0.15, 0.2) is 59.8 Å². The molecule has 0 fully saturated rings. The van der Waals surface area contributed by atoms with Crippen molar-refractivity contribution in [2.24, 2.45) is 0 Å². The third-order valence-electron chi connectivity index (χ3n) is 5.58. The molecule has 1 aliphatic heterocycles. The van der Waals surface area contributed by atoms with Crippen molar-refractivity contribution in [2.45, 2.75) is 6.42 Å². The molecule has 1 aromatic carbocycles. The average molecular weight is 463 g/mol. The molecule has 10 nitrogen and oxygen atoms in total. The van der Waals surface area contributed by atoms with Crippen molar-refractivity contribution in [3.8, 4) is 5.75 Å². The SMILES string of the molecule is COCCN1CN(C)n2cc(C(=O)Nc3ccc(Cc4ccncc4)cc3)c(=O)c(O)c2C1=O. The van der Waals surface area contributed by atoms with Crippen molar-refractivity contribution in [3.63, 3.8) is 0 Å². The van der Waals surface area contributed by atoms with Gasteiger partial charge in [-0.05, 0) is 41.8 Å². The number of hydrogen-bond acceptors (Lipinski definition) is 7. The van der Waals surface area contributed by atoms with Gasteiger partial charge >= 0.3 is 0 Å². The molecule has 0 saturated carbocycles. The molecule has 1 aliphatic rings. The molecule has 3 aromatic rings. The molecule has 0 unspecified atom stereocenters. The van der Waals surface area contributed by atoms with Gasteiger partial charge in [0.05, 0.1) is 6.61 Å². The fraction of sp³-hybridized carbons (Fsp3) is 0.250. The molecule has 2 N–H and O–H groups in total. The minimum Gasteiger partial charge on any atom is -0.502 e. The lowest BCUT2D eigenvalue weighted by atomic mass is 10.1. The number of ether oxygens (including phenoxy) is 1. The first-order valence-electron chi connectivity index (χ1n) is 10.7. The lowest BCUT2D eigenvalue weighted by Crippen LogP contribution is -2.53. The van der Waals surface area contributed by atoms with Gasteiger partial charge in [0, 0.05) is 45.0 Å². The van der Waals surface area contributed by atoms with Crippen LogP contribution in [0.3, 0.4) is 0 Å². The van der Waals surface area contributed by atoms with E-state index in [9.17, 15) is 19.5 Å². The standard InChI is InChI=1S/C24H25N5O5/c1-27-15-28(11-12-34-2)24(33)20-22(31)21(30)19(14-29(20)27)23(32)26-18-5-3-16(4-6-18)13-17-7-9-25-10-8-17/h3-10,14,31H,11-13,15H2,1-2H3,(H,26,32). The predicted octanol–water partition coefficient (Wildman–Crippen LogP) is 1.42. The van der Waals surface area contributed by atoms with E-state index in [2.05, 4.69) is 10.3 Å². The average Bonchev–Trinajstić information content (AvgIpc) is 2.84. The van der Waals surface area contributed by atoms with E-state index in [-0.39, 0.29) is 17.9 Å². The van der Waals surface area contributed by atoms with E-state index in [0.29, 0.717) is 18.8 Å². The number of benzene rings is 1. The molecular weight excluding hydrogens is 438 g/mol. The molecule has 34 heavy (non-hydrogen) atoms. The third-order valence-corrected chi connectivity index (χ3v) is 5.58. The van der Waals surface area contributed by atoms with Gasteiger partial charge < -0.3 is 20.1 Å². The van der Waals surface area contributed by atoms with E-state index in [1.54, 1.807) is 36.6 Å². The number of methoxy groups -OCH3 is 1. The Bertz CT molecular complexity index is 1260. The van der Waals surface area contributed by atoms with Gasteiger partial charge in [-0.15, -0.1) is 0 Å². The van der Waals surface area contributed by atoms with E-state index in [1.165, 1.54) is 22.9 Å². The highest BCUT2D eigenvalue weighted by molar-refractivity contribution is 6.05. The molecule has 0 radical (unpaired) electrons. The maximum atomic E-state index is 12.9. The zero-order valence-corrected chi connectivity index (χ0v) is 18.9. The van der Waals surface area contributed by atoms with Crippen LogP contribution < -0.4 is 15.8 Å². The number of hydrogen-bond donors (Lipinski definition) is 2. The molecule has 10 heteroatoms. The maximum Gasteiger partial charge on any atom is 0.277 e. The van der Waals surface area contributed by atoms with Crippen LogP contribution in [0.25, 0.3) is 0 Å². The Morgan fingerprint density at radius 1 is 1.12 bits per heavy atom. The summed E-state index contributed by atoms with van der Waals surface area (Å²) in [5.74, 6) is -1.96. The minimum absolute atomic E-state index is 0.188. The second-order valence-corrected chi connectivity index (χ2v) is 7.96.